The van der Waals surface area contributed by atoms with Crippen molar-refractivity contribution in [2.24, 2.45) is 5.73 Å². The van der Waals surface area contributed by atoms with Gasteiger partial charge in [0, 0.05) is 17.3 Å². The summed E-state index contributed by atoms with van der Waals surface area (Å²) in [5.74, 6) is -0.488. The molecule has 19 heavy (non-hydrogen) atoms. The maximum Gasteiger partial charge on any atom is 0.249 e. The molecule has 0 spiro atoms. The lowest BCUT2D eigenvalue weighted by atomic mass is 10.1. The number of amides is 1. The van der Waals surface area contributed by atoms with Gasteiger partial charge >= 0.3 is 0 Å². The van der Waals surface area contributed by atoms with Crippen LogP contribution in [-0.2, 0) is 6.54 Å². The highest BCUT2D eigenvalue weighted by Crippen LogP contribution is 2.09. The van der Waals surface area contributed by atoms with E-state index in [1.165, 1.54) is 0 Å². The predicted octanol–water partition coefficient (Wildman–Crippen LogP) is 1.65. The van der Waals surface area contributed by atoms with Gasteiger partial charge in [-0.15, -0.1) is 0 Å². The van der Waals surface area contributed by atoms with Gasteiger partial charge in [0.1, 0.15) is 4.99 Å². The Hall–Kier alpha value is -2.27. The number of primary amides is 1. The van der Waals surface area contributed by atoms with E-state index >= 15 is 0 Å². The van der Waals surface area contributed by atoms with E-state index in [0.717, 1.165) is 5.69 Å². The summed E-state index contributed by atoms with van der Waals surface area (Å²) in [4.78, 5) is 16.0. The smallest absolute Gasteiger partial charge is 0.249 e. The molecular weight excluding hydrogens is 258 g/mol. The van der Waals surface area contributed by atoms with Crippen molar-refractivity contribution in [3.05, 3.63) is 65.5 Å². The van der Waals surface area contributed by atoms with Gasteiger partial charge in [0.25, 0.3) is 0 Å². The van der Waals surface area contributed by atoms with Crippen molar-refractivity contribution in [1.82, 2.24) is 10.3 Å². The first-order valence-electron chi connectivity index (χ1n) is 5.75. The number of benzene rings is 1. The molecule has 0 unspecified atom stereocenters. The van der Waals surface area contributed by atoms with E-state index in [-0.39, 0.29) is 0 Å². The number of nitrogens with zero attached hydrogens (tertiary/aromatic N) is 1. The minimum Gasteiger partial charge on any atom is -0.370 e. The van der Waals surface area contributed by atoms with Crippen LogP contribution < -0.4 is 11.1 Å². The third-order valence-corrected chi connectivity index (χ3v) is 2.96. The van der Waals surface area contributed by atoms with Crippen molar-refractivity contribution >= 4 is 23.1 Å². The Labute approximate surface area is 116 Å². The molecule has 1 aromatic heterocycles. The summed E-state index contributed by atoms with van der Waals surface area (Å²) < 4.78 is 0. The summed E-state index contributed by atoms with van der Waals surface area (Å²) in [7, 11) is 0. The maximum atomic E-state index is 11.3. The van der Waals surface area contributed by atoms with Gasteiger partial charge in [0.15, 0.2) is 0 Å². The predicted molar refractivity (Wildman–Crippen MR) is 77.7 cm³/mol. The van der Waals surface area contributed by atoms with Gasteiger partial charge in [-0.25, -0.2) is 0 Å². The van der Waals surface area contributed by atoms with Gasteiger partial charge in [-0.2, -0.15) is 0 Å². The number of nitrogens with two attached hydrogens (primary N) is 1. The molecule has 96 valence electrons. The van der Waals surface area contributed by atoms with E-state index < -0.39 is 5.91 Å². The van der Waals surface area contributed by atoms with Crippen molar-refractivity contribution in [3.8, 4) is 0 Å². The van der Waals surface area contributed by atoms with Gasteiger partial charge in [-0.3, -0.25) is 9.78 Å². The standard InChI is InChI=1S/C14H13N3OS/c15-13(18)11-6-1-2-7-12(11)14(19)17-9-10-5-3-4-8-16-10/h1-8H,9H2,(H2,15,18)(H,17,19). The number of nitrogens with one attached hydrogen (secondary N) is 1. The Kier molecular flexibility index (Phi) is 4.20. The fourth-order valence-electron chi connectivity index (χ4n) is 1.66. The Balaban J connectivity index is 2.10. The van der Waals surface area contributed by atoms with Crippen LogP contribution >= 0.6 is 12.2 Å². The minimum atomic E-state index is -0.488. The molecule has 0 aliphatic carbocycles. The summed E-state index contributed by atoms with van der Waals surface area (Å²) in [5.41, 5.74) is 7.25. The maximum absolute atomic E-state index is 11.3. The SMILES string of the molecule is NC(=O)c1ccccc1C(=S)NCc1ccccn1. The summed E-state index contributed by atoms with van der Waals surface area (Å²) in [6, 6.07) is 12.7. The van der Waals surface area contributed by atoms with E-state index in [0.29, 0.717) is 22.7 Å². The molecule has 5 heteroatoms. The summed E-state index contributed by atoms with van der Waals surface area (Å²) in [5, 5.41) is 3.07. The monoisotopic (exact) mass is 271 g/mol. The van der Waals surface area contributed by atoms with Crippen molar-refractivity contribution < 1.29 is 4.79 Å². The molecule has 0 atom stereocenters. The number of carbonyl (C=O) groups excluding carboxylic acids is 1. The zero-order chi connectivity index (χ0) is 13.7. The Bertz CT molecular complexity index is 599. The Morgan fingerprint density at radius 1 is 1.16 bits per heavy atom. The van der Waals surface area contributed by atoms with E-state index in [1.807, 2.05) is 24.3 Å². The molecule has 0 bridgehead atoms. The molecule has 0 aliphatic heterocycles. The molecule has 1 aromatic carbocycles. The normalized spacial score (nSPS) is 9.89. The lowest BCUT2D eigenvalue weighted by molar-refractivity contribution is 0.1000. The van der Waals surface area contributed by atoms with Gasteiger partial charge in [0.05, 0.1) is 12.2 Å². The van der Waals surface area contributed by atoms with Crippen LogP contribution in [0.2, 0.25) is 0 Å². The van der Waals surface area contributed by atoms with Gasteiger partial charge in [-0.1, -0.05) is 36.5 Å². The molecule has 0 aliphatic rings. The second-order valence-electron chi connectivity index (χ2n) is 3.91. The number of hydrogen-bond donors (Lipinski definition) is 2. The summed E-state index contributed by atoms with van der Waals surface area (Å²) in [6.45, 7) is 0.507. The first-order valence-corrected chi connectivity index (χ1v) is 6.16. The largest absolute Gasteiger partial charge is 0.370 e. The molecule has 1 amide bonds. The summed E-state index contributed by atoms with van der Waals surface area (Å²) in [6.07, 6.45) is 1.72. The molecular formula is C14H13N3OS. The average Bonchev–Trinajstić information content (AvgIpc) is 2.46. The highest BCUT2D eigenvalue weighted by molar-refractivity contribution is 7.80. The lowest BCUT2D eigenvalue weighted by Gasteiger charge is -2.10. The highest BCUT2D eigenvalue weighted by Gasteiger charge is 2.10. The minimum absolute atomic E-state index is 0.418. The van der Waals surface area contributed by atoms with Crippen molar-refractivity contribution in [3.63, 3.8) is 0 Å². The first kappa shape index (κ1) is 13.2. The van der Waals surface area contributed by atoms with Crippen molar-refractivity contribution in [2.75, 3.05) is 0 Å². The highest BCUT2D eigenvalue weighted by atomic mass is 32.1. The molecule has 2 aromatic rings. The van der Waals surface area contributed by atoms with Crippen LogP contribution in [0.25, 0.3) is 0 Å². The van der Waals surface area contributed by atoms with Gasteiger partial charge < -0.3 is 11.1 Å². The molecule has 0 saturated heterocycles. The second kappa shape index (κ2) is 6.06. The van der Waals surface area contributed by atoms with Gasteiger partial charge in [0.2, 0.25) is 5.91 Å². The van der Waals surface area contributed by atoms with E-state index in [9.17, 15) is 4.79 Å². The van der Waals surface area contributed by atoms with Crippen LogP contribution in [0.1, 0.15) is 21.6 Å². The fourth-order valence-corrected chi connectivity index (χ4v) is 1.91. The molecule has 0 radical (unpaired) electrons. The molecule has 2 rings (SSSR count). The number of rotatable bonds is 4. The third-order valence-electron chi connectivity index (χ3n) is 2.59. The number of carbonyl (C=O) groups is 1. The zero-order valence-electron chi connectivity index (χ0n) is 10.2. The third kappa shape index (κ3) is 3.35. The summed E-state index contributed by atoms with van der Waals surface area (Å²) >= 11 is 5.28. The molecule has 1 heterocycles. The fraction of sp³-hybridized carbons (Fsp3) is 0.0714. The van der Waals surface area contributed by atoms with Crippen LogP contribution in [0, 0.1) is 0 Å². The molecule has 0 saturated carbocycles. The number of thiocarbonyl (C=S) groups is 1. The van der Waals surface area contributed by atoms with Crippen LogP contribution in [-0.4, -0.2) is 15.9 Å². The van der Waals surface area contributed by atoms with E-state index in [4.69, 9.17) is 18.0 Å². The topological polar surface area (TPSA) is 68.0 Å². The lowest BCUT2D eigenvalue weighted by Crippen LogP contribution is -2.25. The average molecular weight is 271 g/mol. The van der Waals surface area contributed by atoms with E-state index in [1.54, 1.807) is 24.4 Å². The number of aromatic nitrogens is 1. The quantitative estimate of drug-likeness (QED) is 0.830. The molecule has 3 N–H and O–H groups in total. The van der Waals surface area contributed by atoms with Crippen LogP contribution in [0.5, 0.6) is 0 Å². The van der Waals surface area contributed by atoms with Crippen LogP contribution in [0.15, 0.2) is 48.7 Å². The second-order valence-corrected chi connectivity index (χ2v) is 4.32. The van der Waals surface area contributed by atoms with E-state index in [2.05, 4.69) is 10.3 Å². The van der Waals surface area contributed by atoms with Crippen molar-refractivity contribution in [2.45, 2.75) is 6.54 Å². The number of pyridine rings is 1. The molecule has 4 nitrogen and oxygen atoms in total. The Morgan fingerprint density at radius 3 is 2.47 bits per heavy atom. The van der Waals surface area contributed by atoms with Gasteiger partial charge in [-0.05, 0) is 18.2 Å². The van der Waals surface area contributed by atoms with Crippen LogP contribution in [0.3, 0.4) is 0 Å². The Morgan fingerprint density at radius 2 is 1.84 bits per heavy atom. The number of hydrogen-bond acceptors (Lipinski definition) is 3. The van der Waals surface area contributed by atoms with Crippen LogP contribution in [0.4, 0.5) is 0 Å². The van der Waals surface area contributed by atoms with Crippen molar-refractivity contribution in [1.29, 1.82) is 0 Å². The molecule has 0 fully saturated rings. The zero-order valence-corrected chi connectivity index (χ0v) is 11.0. The first-order chi connectivity index (χ1) is 9.18.